The van der Waals surface area contributed by atoms with Crippen molar-refractivity contribution in [3.05, 3.63) is 108 Å². The van der Waals surface area contributed by atoms with E-state index in [1.165, 1.54) is 49.5 Å². The summed E-state index contributed by atoms with van der Waals surface area (Å²) < 4.78 is 6.01. The van der Waals surface area contributed by atoms with Crippen LogP contribution < -0.4 is 24.8 Å². The Bertz CT molecular complexity index is 1220. The summed E-state index contributed by atoms with van der Waals surface area (Å²) in [5.41, 5.74) is 15.3. The molecule has 0 aliphatic heterocycles. The Hall–Kier alpha value is 0.326. The molecule has 0 saturated carbocycles. The van der Waals surface area contributed by atoms with Gasteiger partial charge in [0, 0.05) is 0 Å². The van der Waals surface area contributed by atoms with E-state index in [2.05, 4.69) is 90.1 Å². The van der Waals surface area contributed by atoms with Crippen molar-refractivity contribution < 1.29 is 65.9 Å². The van der Waals surface area contributed by atoms with Gasteiger partial charge in [-0.1, -0.05) is 11.1 Å². The third-order valence-electron chi connectivity index (χ3n) is 8.01. The first kappa shape index (κ1) is 36.4. The van der Waals surface area contributed by atoms with Gasteiger partial charge in [-0.05, 0) is 87.8 Å². The second-order valence-electron chi connectivity index (χ2n) is 11.2. The van der Waals surface area contributed by atoms with Gasteiger partial charge < -0.3 is 24.8 Å². The molecule has 204 valence electrons. The topological polar surface area (TPSA) is 0 Å². The zero-order valence-electron chi connectivity index (χ0n) is 23.9. The van der Waals surface area contributed by atoms with Gasteiger partial charge in [-0.3, -0.25) is 0 Å². The Morgan fingerprint density at radius 1 is 0.789 bits per heavy atom. The molecule has 0 N–H and O–H groups in total. The molecule has 0 spiro atoms. The zero-order chi connectivity index (χ0) is 26.9. The van der Waals surface area contributed by atoms with E-state index in [9.17, 15) is 0 Å². The Morgan fingerprint density at radius 2 is 1.29 bits per heavy atom. The Morgan fingerprint density at radius 3 is 1.63 bits per heavy atom. The minimum atomic E-state index is -3.26. The first-order chi connectivity index (χ1) is 16.7. The average Bonchev–Trinajstić information content (AvgIpc) is 3.59. The van der Waals surface area contributed by atoms with Gasteiger partial charge in [0.05, 0.1) is 0 Å². The van der Waals surface area contributed by atoms with E-state index in [1.54, 1.807) is 47.0 Å². The van der Waals surface area contributed by atoms with Crippen LogP contribution >= 0.6 is 17.0 Å². The molecule has 0 aromatic heterocycles. The number of benzene rings is 1. The number of hydrogen-bond donors (Lipinski definition) is 0. The van der Waals surface area contributed by atoms with Crippen LogP contribution in [0.5, 0.6) is 0 Å². The summed E-state index contributed by atoms with van der Waals surface area (Å²) in [4.78, 5) is 0. The maximum absolute atomic E-state index is 6.26. The van der Waals surface area contributed by atoms with Crippen LogP contribution in [0.1, 0.15) is 75.6 Å². The van der Waals surface area contributed by atoms with Gasteiger partial charge in [0.15, 0.2) is 0 Å². The molecule has 0 bridgehead atoms. The number of halogens is 4. The molecule has 0 fully saturated rings. The van der Waals surface area contributed by atoms with Gasteiger partial charge in [0.1, 0.15) is 0 Å². The minimum absolute atomic E-state index is 0. The molecule has 1 aromatic rings. The number of fused-ring (bicyclic) bond motifs is 1. The monoisotopic (exact) mass is 744 g/mol. The Kier molecular flexibility index (Phi) is 13.9. The molecule has 6 heteroatoms. The van der Waals surface area contributed by atoms with Crippen molar-refractivity contribution in [1.29, 1.82) is 0 Å². The van der Waals surface area contributed by atoms with E-state index in [0.717, 1.165) is 6.42 Å². The number of hydrogen-bond acceptors (Lipinski definition) is 0. The summed E-state index contributed by atoms with van der Waals surface area (Å²) in [6.45, 7) is 13.6. The standard InChI is InChI=1S/C16H22.C9H7.C5H5.2CH3.4ClH.2Zr/c1-9-7-15(13(5)11(9)3)16-8-10(2)12(4)14(16)6;1-2-5-9-7-3-6-8(9)4-1;1-2-4-5-3-1;;;;;;;;/h7-8H2,1-6H3;1-7H;1-3H,4H2;2*1H3;4*1H;;/q;;;;;;;;;2*+2/p-4. The van der Waals surface area contributed by atoms with Crippen LogP contribution in [0.3, 0.4) is 0 Å². The third-order valence-corrected chi connectivity index (χ3v) is 17.4. The van der Waals surface area contributed by atoms with Crippen molar-refractivity contribution in [2.75, 3.05) is 0 Å². The molecule has 0 radical (unpaired) electrons. The summed E-state index contributed by atoms with van der Waals surface area (Å²) >= 11 is -1.67. The SMILES string of the molecule is CC1=C(C)C(C)=C(C2=C(C)C(C)=C(C)C2)C1.[CH3][Zr]([CH3])([Cl])([Cl])[C]1=CC=CC1.[Cl-].[Cl-].[Zr+2][CH]1C=Cc2ccccc21. The molecule has 4 aliphatic rings. The summed E-state index contributed by atoms with van der Waals surface area (Å²) in [5.74, 6) is 0. The molecule has 4 aliphatic carbocycles. The van der Waals surface area contributed by atoms with Crippen LogP contribution in [0, 0.1) is 0 Å². The zero-order valence-corrected chi connectivity index (χ0v) is 31.8. The fourth-order valence-electron chi connectivity index (χ4n) is 5.03. The van der Waals surface area contributed by atoms with E-state index in [-0.39, 0.29) is 24.8 Å². The third kappa shape index (κ3) is 8.91. The predicted octanol–water partition coefficient (Wildman–Crippen LogP) is 5.33. The average molecular weight is 749 g/mol. The molecular formula is C32H40Cl4Zr2. The van der Waals surface area contributed by atoms with Gasteiger partial charge in [-0.15, -0.1) is 0 Å². The van der Waals surface area contributed by atoms with Crippen LogP contribution in [0.4, 0.5) is 0 Å². The van der Waals surface area contributed by atoms with Gasteiger partial charge in [-0.2, -0.15) is 0 Å². The number of rotatable bonds is 2. The van der Waals surface area contributed by atoms with Crippen molar-refractivity contribution in [1.82, 2.24) is 0 Å². The van der Waals surface area contributed by atoms with Crippen LogP contribution in [-0.2, 0) is 41.1 Å². The summed E-state index contributed by atoms with van der Waals surface area (Å²) in [6.07, 6.45) is 14.0. The Labute approximate surface area is 267 Å². The molecule has 0 amide bonds. The van der Waals surface area contributed by atoms with Crippen molar-refractivity contribution in [2.45, 2.75) is 73.7 Å². The molecule has 1 aromatic carbocycles. The Balaban J connectivity index is 0.000000289. The molecule has 5 rings (SSSR count). The van der Waals surface area contributed by atoms with Crippen molar-refractivity contribution in [2.24, 2.45) is 0 Å². The van der Waals surface area contributed by atoms with Gasteiger partial charge in [0.2, 0.25) is 0 Å². The number of allylic oxidation sites excluding steroid dienone is 13. The van der Waals surface area contributed by atoms with Crippen LogP contribution in [0.15, 0.2) is 96.4 Å². The van der Waals surface area contributed by atoms with E-state index < -0.39 is 16.4 Å². The second kappa shape index (κ2) is 14.5. The van der Waals surface area contributed by atoms with Gasteiger partial charge >= 0.3 is 147 Å². The molecule has 1 atom stereocenters. The second-order valence-corrected chi connectivity index (χ2v) is 38.8. The van der Waals surface area contributed by atoms with Gasteiger partial charge in [0.25, 0.3) is 0 Å². The van der Waals surface area contributed by atoms with Crippen LogP contribution in [-0.4, -0.2) is 0 Å². The normalized spacial score (nSPS) is 20.7. The van der Waals surface area contributed by atoms with Crippen molar-refractivity contribution in [3.8, 4) is 0 Å². The quantitative estimate of drug-likeness (QED) is 0.384. The maximum atomic E-state index is 6.26. The first-order valence-corrected chi connectivity index (χ1v) is 26.8. The van der Waals surface area contributed by atoms with Gasteiger partial charge in [-0.25, -0.2) is 0 Å². The molecule has 0 nitrogen and oxygen atoms in total. The van der Waals surface area contributed by atoms with Crippen molar-refractivity contribution >= 4 is 23.1 Å². The fraction of sp³-hybridized carbons (Fsp3) is 0.375. The molecule has 1 unspecified atom stereocenters. The molecule has 0 saturated heterocycles. The molecule has 0 heterocycles. The fourth-order valence-corrected chi connectivity index (χ4v) is 10.6. The van der Waals surface area contributed by atoms with E-state index in [0.29, 0.717) is 3.63 Å². The molecule has 38 heavy (non-hydrogen) atoms. The van der Waals surface area contributed by atoms with Crippen LogP contribution in [0.2, 0.25) is 9.26 Å². The van der Waals surface area contributed by atoms with E-state index >= 15 is 0 Å². The molecular weight excluding hydrogens is 709 g/mol. The predicted molar refractivity (Wildman–Crippen MR) is 155 cm³/mol. The first-order valence-electron chi connectivity index (χ1n) is 12.9. The van der Waals surface area contributed by atoms with E-state index in [1.807, 2.05) is 15.3 Å². The summed E-state index contributed by atoms with van der Waals surface area (Å²) in [5, 5.41) is 0. The van der Waals surface area contributed by atoms with E-state index in [4.69, 9.17) is 17.0 Å². The summed E-state index contributed by atoms with van der Waals surface area (Å²) in [6, 6.07) is 8.60. The van der Waals surface area contributed by atoms with Crippen LogP contribution in [0.25, 0.3) is 6.08 Å². The summed E-state index contributed by atoms with van der Waals surface area (Å²) in [7, 11) is 12.5. The van der Waals surface area contributed by atoms with Crippen molar-refractivity contribution in [3.63, 3.8) is 0 Å².